The minimum Gasteiger partial charge on any atom is -0.508 e. The number of benzene rings is 2. The highest BCUT2D eigenvalue weighted by atomic mass is 16.5. The molecule has 0 aliphatic rings. The van der Waals surface area contributed by atoms with Crippen molar-refractivity contribution in [2.75, 3.05) is 0 Å². The number of phenols is 2. The van der Waals surface area contributed by atoms with Gasteiger partial charge in [0.15, 0.2) is 0 Å². The first kappa shape index (κ1) is 11.4. The number of hydrogen-bond donors (Lipinski definition) is 4. The van der Waals surface area contributed by atoms with Crippen LogP contribution in [0.1, 0.15) is 11.1 Å². The van der Waals surface area contributed by atoms with Gasteiger partial charge in [-0.1, -0.05) is 30.3 Å². The van der Waals surface area contributed by atoms with Gasteiger partial charge in [-0.25, -0.2) is 0 Å². The minimum absolute atomic E-state index is 0.0819. The number of hydrogen-bond acceptors (Lipinski definition) is 4. The van der Waals surface area contributed by atoms with Crippen LogP contribution in [0.5, 0.6) is 11.5 Å². The van der Waals surface area contributed by atoms with Crippen molar-refractivity contribution in [3.05, 3.63) is 59.7 Å². The van der Waals surface area contributed by atoms with Gasteiger partial charge in [0.05, 0.1) is 5.56 Å². The highest BCUT2D eigenvalue weighted by Crippen LogP contribution is 2.34. The van der Waals surface area contributed by atoms with Crippen LogP contribution in [0.2, 0.25) is 0 Å². The van der Waals surface area contributed by atoms with Gasteiger partial charge in [-0.05, 0) is 12.1 Å². The van der Waals surface area contributed by atoms with Crippen molar-refractivity contribution in [2.45, 2.75) is 5.79 Å². The van der Waals surface area contributed by atoms with Crippen molar-refractivity contribution in [2.24, 2.45) is 0 Å². The van der Waals surface area contributed by atoms with E-state index in [2.05, 4.69) is 0 Å². The second-order valence-corrected chi connectivity index (χ2v) is 3.74. The fourth-order valence-corrected chi connectivity index (χ4v) is 1.64. The van der Waals surface area contributed by atoms with Crippen molar-refractivity contribution in [1.29, 1.82) is 0 Å². The number of aliphatic hydroxyl groups is 2. The molecule has 0 heterocycles. The average molecular weight is 232 g/mol. The summed E-state index contributed by atoms with van der Waals surface area (Å²) in [6.07, 6.45) is 0. The third kappa shape index (κ3) is 2.08. The molecule has 0 bridgehead atoms. The van der Waals surface area contributed by atoms with Crippen LogP contribution in [0.25, 0.3) is 0 Å². The summed E-state index contributed by atoms with van der Waals surface area (Å²) < 4.78 is 0. The first-order chi connectivity index (χ1) is 8.01. The Morgan fingerprint density at radius 2 is 1.47 bits per heavy atom. The summed E-state index contributed by atoms with van der Waals surface area (Å²) in [5, 5.41) is 38.8. The number of phenolic OH excluding ortho intramolecular Hbond substituents is 2. The van der Waals surface area contributed by atoms with Crippen LogP contribution in [0, 0.1) is 0 Å². The van der Waals surface area contributed by atoms with Gasteiger partial charge in [-0.3, -0.25) is 0 Å². The van der Waals surface area contributed by atoms with Crippen LogP contribution in [-0.2, 0) is 5.79 Å². The molecule has 17 heavy (non-hydrogen) atoms. The predicted molar refractivity (Wildman–Crippen MR) is 61.4 cm³/mol. The number of aromatic hydroxyl groups is 2. The Morgan fingerprint density at radius 3 is 2.06 bits per heavy atom. The van der Waals surface area contributed by atoms with Gasteiger partial charge in [-0.2, -0.15) is 0 Å². The van der Waals surface area contributed by atoms with Crippen molar-refractivity contribution < 1.29 is 20.4 Å². The Labute approximate surface area is 98.0 Å². The van der Waals surface area contributed by atoms with Gasteiger partial charge in [0.1, 0.15) is 11.5 Å². The Balaban J connectivity index is 2.52. The average Bonchev–Trinajstić information content (AvgIpc) is 2.29. The summed E-state index contributed by atoms with van der Waals surface area (Å²) in [5.74, 6) is -2.81. The lowest BCUT2D eigenvalue weighted by Crippen LogP contribution is -2.26. The van der Waals surface area contributed by atoms with Crippen molar-refractivity contribution >= 4 is 0 Å². The first-order valence-corrected chi connectivity index (χ1v) is 5.04. The van der Waals surface area contributed by atoms with Crippen molar-refractivity contribution in [3.8, 4) is 11.5 Å². The summed E-state index contributed by atoms with van der Waals surface area (Å²) in [4.78, 5) is 0. The minimum atomic E-state index is -2.29. The summed E-state index contributed by atoms with van der Waals surface area (Å²) in [7, 11) is 0. The van der Waals surface area contributed by atoms with Crippen LogP contribution in [0.3, 0.4) is 0 Å². The summed E-state index contributed by atoms with van der Waals surface area (Å²) in [6, 6.07) is 11.7. The molecule has 0 saturated carbocycles. The molecular weight excluding hydrogens is 220 g/mol. The first-order valence-electron chi connectivity index (χ1n) is 5.04. The molecule has 0 saturated heterocycles. The van der Waals surface area contributed by atoms with E-state index in [1.807, 2.05) is 0 Å². The molecule has 2 aromatic carbocycles. The molecule has 4 N–H and O–H groups in total. The Kier molecular flexibility index (Phi) is 2.75. The lowest BCUT2D eigenvalue weighted by Gasteiger charge is -2.23. The van der Waals surface area contributed by atoms with E-state index in [0.29, 0.717) is 0 Å². The largest absolute Gasteiger partial charge is 0.508 e. The standard InChI is InChI=1S/C13H12O4/c14-10-6-7-11(12(15)8-10)13(16,17)9-4-2-1-3-5-9/h1-8,14-17H. The smallest absolute Gasteiger partial charge is 0.221 e. The molecule has 0 atom stereocenters. The van der Waals surface area contributed by atoms with Crippen molar-refractivity contribution in [3.63, 3.8) is 0 Å². The molecule has 0 aliphatic carbocycles. The zero-order valence-electron chi connectivity index (χ0n) is 8.91. The summed E-state index contributed by atoms with van der Waals surface area (Å²) in [5.41, 5.74) is 0.155. The lowest BCUT2D eigenvalue weighted by atomic mass is 9.97. The third-order valence-corrected chi connectivity index (χ3v) is 2.53. The monoisotopic (exact) mass is 232 g/mol. The lowest BCUT2D eigenvalue weighted by molar-refractivity contribution is -0.133. The molecule has 0 radical (unpaired) electrons. The van der Waals surface area contributed by atoms with Gasteiger partial charge in [0.2, 0.25) is 5.79 Å². The van der Waals surface area contributed by atoms with Gasteiger partial charge in [-0.15, -0.1) is 0 Å². The van der Waals surface area contributed by atoms with E-state index in [1.54, 1.807) is 18.2 Å². The summed E-state index contributed by atoms with van der Waals surface area (Å²) >= 11 is 0. The molecule has 0 spiro atoms. The van der Waals surface area contributed by atoms with E-state index in [4.69, 9.17) is 5.11 Å². The molecule has 0 unspecified atom stereocenters. The van der Waals surface area contributed by atoms with E-state index in [-0.39, 0.29) is 22.6 Å². The molecule has 0 amide bonds. The van der Waals surface area contributed by atoms with E-state index < -0.39 is 5.79 Å². The fraction of sp³-hybridized carbons (Fsp3) is 0.0769. The van der Waals surface area contributed by atoms with Crippen LogP contribution in [0.4, 0.5) is 0 Å². The Morgan fingerprint density at radius 1 is 0.824 bits per heavy atom. The van der Waals surface area contributed by atoms with E-state index in [0.717, 1.165) is 6.07 Å². The van der Waals surface area contributed by atoms with Crippen LogP contribution < -0.4 is 0 Å². The maximum Gasteiger partial charge on any atom is 0.221 e. The van der Waals surface area contributed by atoms with Crippen LogP contribution in [-0.4, -0.2) is 20.4 Å². The zero-order valence-corrected chi connectivity index (χ0v) is 8.91. The van der Waals surface area contributed by atoms with Crippen molar-refractivity contribution in [1.82, 2.24) is 0 Å². The van der Waals surface area contributed by atoms with E-state index in [9.17, 15) is 15.3 Å². The molecular formula is C13H12O4. The second kappa shape index (κ2) is 4.08. The van der Waals surface area contributed by atoms with Gasteiger partial charge >= 0.3 is 0 Å². The quantitative estimate of drug-likeness (QED) is 0.588. The molecule has 0 fully saturated rings. The van der Waals surface area contributed by atoms with E-state index in [1.165, 1.54) is 24.3 Å². The molecule has 0 aromatic heterocycles. The highest BCUT2D eigenvalue weighted by Gasteiger charge is 2.31. The molecule has 4 nitrogen and oxygen atoms in total. The van der Waals surface area contributed by atoms with Gasteiger partial charge in [0, 0.05) is 11.6 Å². The van der Waals surface area contributed by atoms with Crippen LogP contribution in [0.15, 0.2) is 48.5 Å². The second-order valence-electron chi connectivity index (χ2n) is 3.74. The predicted octanol–water partition coefficient (Wildman–Crippen LogP) is 1.28. The Bertz CT molecular complexity index is 520. The van der Waals surface area contributed by atoms with Gasteiger partial charge < -0.3 is 20.4 Å². The topological polar surface area (TPSA) is 80.9 Å². The highest BCUT2D eigenvalue weighted by molar-refractivity contribution is 5.45. The van der Waals surface area contributed by atoms with Gasteiger partial charge in [0.25, 0.3) is 0 Å². The maximum atomic E-state index is 10.0. The van der Waals surface area contributed by atoms with Crippen LogP contribution >= 0.6 is 0 Å². The molecule has 2 aromatic rings. The number of rotatable bonds is 2. The molecule has 2 rings (SSSR count). The maximum absolute atomic E-state index is 10.0. The van der Waals surface area contributed by atoms with E-state index >= 15 is 0 Å². The molecule has 4 heteroatoms. The zero-order chi connectivity index (χ0) is 12.5. The SMILES string of the molecule is Oc1ccc(C(O)(O)c2ccccc2)c(O)c1. The Hall–Kier alpha value is -2.04. The summed E-state index contributed by atoms with van der Waals surface area (Å²) in [6.45, 7) is 0. The molecule has 0 aliphatic heterocycles. The third-order valence-electron chi connectivity index (χ3n) is 2.53. The molecule has 88 valence electrons. The normalized spacial score (nSPS) is 11.4. The fourth-order valence-electron chi connectivity index (χ4n) is 1.64.